The van der Waals surface area contributed by atoms with E-state index in [2.05, 4.69) is 0 Å². The van der Waals surface area contributed by atoms with Gasteiger partial charge in [-0.1, -0.05) is 6.92 Å². The molecule has 52 valence electrons. The smallest absolute Gasteiger partial charge is 0.257 e. The van der Waals surface area contributed by atoms with Crippen molar-refractivity contribution in [3.8, 4) is 6.07 Å². The summed E-state index contributed by atoms with van der Waals surface area (Å²) in [5, 5.41) is 8.41. The molecule has 0 heterocycles. The Morgan fingerprint density at radius 2 is 2.11 bits per heavy atom. The maximum atomic E-state index is 13.0. The summed E-state index contributed by atoms with van der Waals surface area (Å²) in [6.07, 6.45) is 0.645. The van der Waals surface area contributed by atoms with Crippen LogP contribution in [0.3, 0.4) is 0 Å². The van der Waals surface area contributed by atoms with Crippen LogP contribution in [0.1, 0.15) is 13.3 Å². The Kier molecular flexibility index (Phi) is 2.85. The molecule has 0 saturated carbocycles. The average molecular weight is 145 g/mol. The van der Waals surface area contributed by atoms with Crippen LogP contribution in [0.2, 0.25) is 18.6 Å². The average Bonchev–Trinajstić information content (AvgIpc) is 1.65. The van der Waals surface area contributed by atoms with E-state index in [1.54, 1.807) is 13.1 Å². The summed E-state index contributed by atoms with van der Waals surface area (Å²) in [5.74, 6) is 0. The highest BCUT2D eigenvalue weighted by molar-refractivity contribution is 6.72. The molecule has 0 aliphatic heterocycles. The number of hydrogen-bond donors (Lipinski definition) is 0. The van der Waals surface area contributed by atoms with Crippen molar-refractivity contribution in [1.29, 1.82) is 5.26 Å². The lowest BCUT2D eigenvalue weighted by atomic mass is 10.4. The monoisotopic (exact) mass is 145 g/mol. The Hall–Kier alpha value is -0.363. The second-order valence-corrected chi connectivity index (χ2v) is 6.48. The van der Waals surface area contributed by atoms with E-state index < -0.39 is 8.41 Å². The zero-order chi connectivity index (χ0) is 7.49. The first-order chi connectivity index (χ1) is 4.02. The molecule has 0 radical (unpaired) electrons. The van der Waals surface area contributed by atoms with Crippen molar-refractivity contribution in [2.45, 2.75) is 32.0 Å². The third kappa shape index (κ3) is 2.61. The molecule has 0 aromatic rings. The van der Waals surface area contributed by atoms with Crippen molar-refractivity contribution < 1.29 is 4.11 Å². The van der Waals surface area contributed by atoms with Crippen molar-refractivity contribution in [1.82, 2.24) is 0 Å². The Morgan fingerprint density at radius 3 is 2.11 bits per heavy atom. The standard InChI is InChI=1S/C6H12FNSi/c1-4-6(5-8)9(2,3)7/h6H,4H2,1-3H3. The fraction of sp³-hybridized carbons (Fsp3) is 0.833. The van der Waals surface area contributed by atoms with Gasteiger partial charge in [0.2, 0.25) is 0 Å². The summed E-state index contributed by atoms with van der Waals surface area (Å²) >= 11 is 0. The van der Waals surface area contributed by atoms with E-state index in [0.717, 1.165) is 0 Å². The van der Waals surface area contributed by atoms with Gasteiger partial charge in [-0.15, -0.1) is 0 Å². The van der Waals surface area contributed by atoms with Crippen LogP contribution in [-0.4, -0.2) is 8.41 Å². The molecular formula is C6H12FNSi. The van der Waals surface area contributed by atoms with Crippen molar-refractivity contribution in [3.05, 3.63) is 0 Å². The van der Waals surface area contributed by atoms with Gasteiger partial charge < -0.3 is 4.11 Å². The first kappa shape index (κ1) is 8.64. The van der Waals surface area contributed by atoms with Crippen molar-refractivity contribution in [2.24, 2.45) is 0 Å². The summed E-state index contributed by atoms with van der Waals surface area (Å²) < 4.78 is 13.0. The summed E-state index contributed by atoms with van der Waals surface area (Å²) in [7, 11) is -2.65. The van der Waals surface area contributed by atoms with E-state index >= 15 is 0 Å². The van der Waals surface area contributed by atoms with E-state index in [1.165, 1.54) is 0 Å². The number of rotatable bonds is 2. The van der Waals surface area contributed by atoms with E-state index in [0.29, 0.717) is 6.42 Å². The van der Waals surface area contributed by atoms with Crippen molar-refractivity contribution >= 4 is 8.41 Å². The van der Waals surface area contributed by atoms with Crippen LogP contribution in [0.5, 0.6) is 0 Å². The summed E-state index contributed by atoms with van der Waals surface area (Å²) in [6.45, 7) is 5.00. The molecule has 9 heavy (non-hydrogen) atoms. The van der Waals surface area contributed by atoms with Gasteiger partial charge in [-0.25, -0.2) is 0 Å². The maximum absolute atomic E-state index is 13.0. The first-order valence-electron chi connectivity index (χ1n) is 3.11. The molecule has 0 aromatic heterocycles. The molecule has 0 aliphatic rings. The fourth-order valence-electron chi connectivity index (χ4n) is 0.730. The van der Waals surface area contributed by atoms with Crippen molar-refractivity contribution in [2.75, 3.05) is 0 Å². The van der Waals surface area contributed by atoms with Gasteiger partial charge in [-0.05, 0) is 19.5 Å². The Bertz CT molecular complexity index is 122. The molecule has 0 spiro atoms. The lowest BCUT2D eigenvalue weighted by Crippen LogP contribution is -2.24. The molecule has 3 heteroatoms. The van der Waals surface area contributed by atoms with Gasteiger partial charge >= 0.3 is 0 Å². The SMILES string of the molecule is CCC(C#N)[Si](C)(C)F. The largest absolute Gasteiger partial charge is 0.313 e. The van der Waals surface area contributed by atoms with E-state index in [9.17, 15) is 4.11 Å². The Labute approximate surface area is 56.7 Å². The van der Waals surface area contributed by atoms with Crippen molar-refractivity contribution in [3.63, 3.8) is 0 Å². The molecule has 0 bridgehead atoms. The van der Waals surface area contributed by atoms with E-state index in [-0.39, 0.29) is 5.54 Å². The normalized spacial score (nSPS) is 14.6. The highest BCUT2D eigenvalue weighted by Crippen LogP contribution is 2.24. The van der Waals surface area contributed by atoms with Crippen LogP contribution in [0.25, 0.3) is 0 Å². The van der Waals surface area contributed by atoms with Crippen LogP contribution in [-0.2, 0) is 0 Å². The quantitative estimate of drug-likeness (QED) is 0.432. The second kappa shape index (κ2) is 2.97. The summed E-state index contributed by atoms with van der Waals surface area (Å²) in [5.41, 5.74) is -0.322. The number of nitriles is 1. The van der Waals surface area contributed by atoms with Gasteiger partial charge in [-0.3, -0.25) is 0 Å². The van der Waals surface area contributed by atoms with Crippen LogP contribution in [0, 0.1) is 11.3 Å². The molecule has 0 rings (SSSR count). The highest BCUT2D eigenvalue weighted by Gasteiger charge is 2.31. The lowest BCUT2D eigenvalue weighted by molar-refractivity contribution is 0.738. The third-order valence-corrected chi connectivity index (χ3v) is 3.59. The summed E-state index contributed by atoms with van der Waals surface area (Å²) in [4.78, 5) is 0. The minimum Gasteiger partial charge on any atom is -0.313 e. The minimum absolute atomic E-state index is 0.322. The van der Waals surface area contributed by atoms with Gasteiger partial charge in [0.15, 0.2) is 0 Å². The molecule has 1 unspecified atom stereocenters. The van der Waals surface area contributed by atoms with Gasteiger partial charge in [0.1, 0.15) is 0 Å². The predicted molar refractivity (Wildman–Crippen MR) is 38.2 cm³/mol. The van der Waals surface area contributed by atoms with E-state index in [4.69, 9.17) is 5.26 Å². The molecule has 0 aromatic carbocycles. The van der Waals surface area contributed by atoms with Crippen LogP contribution in [0.15, 0.2) is 0 Å². The van der Waals surface area contributed by atoms with Crippen LogP contribution < -0.4 is 0 Å². The lowest BCUT2D eigenvalue weighted by Gasteiger charge is -2.14. The minimum atomic E-state index is -2.65. The topological polar surface area (TPSA) is 23.8 Å². The molecule has 1 atom stereocenters. The zero-order valence-electron chi connectivity index (χ0n) is 6.11. The number of hydrogen-bond acceptors (Lipinski definition) is 1. The number of halogens is 1. The van der Waals surface area contributed by atoms with Gasteiger partial charge in [0.05, 0.1) is 11.6 Å². The second-order valence-electron chi connectivity index (χ2n) is 2.65. The van der Waals surface area contributed by atoms with Gasteiger partial charge in [0.25, 0.3) is 8.41 Å². The highest BCUT2D eigenvalue weighted by atomic mass is 28.4. The first-order valence-corrected chi connectivity index (χ1v) is 6.06. The molecule has 0 amide bonds. The Balaban J connectivity index is 4.00. The van der Waals surface area contributed by atoms with Gasteiger partial charge in [0, 0.05) is 0 Å². The maximum Gasteiger partial charge on any atom is 0.257 e. The molecule has 1 nitrogen and oxygen atoms in total. The molecule has 0 N–H and O–H groups in total. The third-order valence-electron chi connectivity index (χ3n) is 1.39. The number of nitrogens with zero attached hydrogens (tertiary/aromatic N) is 1. The predicted octanol–water partition coefficient (Wildman–Crippen LogP) is 2.46. The molecular weight excluding hydrogens is 133 g/mol. The van der Waals surface area contributed by atoms with Crippen LogP contribution in [0.4, 0.5) is 4.11 Å². The molecule has 0 saturated heterocycles. The van der Waals surface area contributed by atoms with E-state index in [1.807, 2.05) is 13.0 Å². The Morgan fingerprint density at radius 1 is 1.67 bits per heavy atom. The summed E-state index contributed by atoms with van der Waals surface area (Å²) in [6, 6.07) is 1.98. The zero-order valence-corrected chi connectivity index (χ0v) is 7.11. The molecule has 0 aliphatic carbocycles. The van der Waals surface area contributed by atoms with Gasteiger partial charge in [-0.2, -0.15) is 5.26 Å². The molecule has 0 fully saturated rings. The van der Waals surface area contributed by atoms with Crippen LogP contribution >= 0.6 is 0 Å². The fourth-order valence-corrected chi connectivity index (χ4v) is 2.01.